The third kappa shape index (κ3) is 4.55. The van der Waals surface area contributed by atoms with Crippen LogP contribution in [-0.4, -0.2) is 59.5 Å². The molecule has 0 saturated carbocycles. The monoisotopic (exact) mass is 259 g/mol. The van der Waals surface area contributed by atoms with Crippen LogP contribution in [0.1, 0.15) is 33.1 Å². The maximum Gasteiger partial charge on any atom is 0.334 e. The fourth-order valence-corrected chi connectivity index (χ4v) is 2.45. The van der Waals surface area contributed by atoms with E-state index < -0.39 is 12.1 Å². The number of esters is 1. The lowest BCUT2D eigenvalue weighted by atomic mass is 9.90. The SMILES string of the molecule is CCC(OC(=O)C(C)O)C1CCN(CCO)CC1. The van der Waals surface area contributed by atoms with Crippen molar-refractivity contribution in [2.75, 3.05) is 26.2 Å². The molecule has 1 aliphatic rings. The van der Waals surface area contributed by atoms with E-state index in [1.807, 2.05) is 6.92 Å². The molecule has 0 spiro atoms. The zero-order chi connectivity index (χ0) is 13.5. The summed E-state index contributed by atoms with van der Waals surface area (Å²) in [7, 11) is 0. The van der Waals surface area contributed by atoms with Crippen molar-refractivity contribution >= 4 is 5.97 Å². The number of carbonyl (C=O) groups excluding carboxylic acids is 1. The largest absolute Gasteiger partial charge is 0.460 e. The van der Waals surface area contributed by atoms with Gasteiger partial charge in [-0.1, -0.05) is 6.92 Å². The Kier molecular flexibility index (Phi) is 6.60. The predicted octanol–water partition coefficient (Wildman–Crippen LogP) is 0.393. The zero-order valence-corrected chi connectivity index (χ0v) is 11.3. The van der Waals surface area contributed by atoms with E-state index in [2.05, 4.69) is 4.90 Å². The molecule has 0 aromatic rings. The lowest BCUT2D eigenvalue weighted by Crippen LogP contribution is -2.41. The normalized spacial score (nSPS) is 21.6. The molecule has 0 bridgehead atoms. The third-order valence-electron chi connectivity index (χ3n) is 3.59. The van der Waals surface area contributed by atoms with Gasteiger partial charge in [-0.05, 0) is 45.2 Å². The van der Waals surface area contributed by atoms with E-state index in [9.17, 15) is 4.79 Å². The molecule has 2 N–H and O–H groups in total. The smallest absolute Gasteiger partial charge is 0.334 e. The van der Waals surface area contributed by atoms with Crippen LogP contribution < -0.4 is 0 Å². The molecular weight excluding hydrogens is 234 g/mol. The summed E-state index contributed by atoms with van der Waals surface area (Å²) >= 11 is 0. The van der Waals surface area contributed by atoms with E-state index in [4.69, 9.17) is 14.9 Å². The highest BCUT2D eigenvalue weighted by atomic mass is 16.6. The average Bonchev–Trinajstić information content (AvgIpc) is 2.37. The van der Waals surface area contributed by atoms with Crippen LogP contribution in [0.4, 0.5) is 0 Å². The number of hydrogen-bond donors (Lipinski definition) is 2. The van der Waals surface area contributed by atoms with Gasteiger partial charge >= 0.3 is 5.97 Å². The van der Waals surface area contributed by atoms with Gasteiger partial charge in [0.2, 0.25) is 0 Å². The number of piperidine rings is 1. The summed E-state index contributed by atoms with van der Waals surface area (Å²) in [5, 5.41) is 18.0. The molecule has 0 radical (unpaired) electrons. The van der Waals surface area contributed by atoms with Crippen molar-refractivity contribution in [3.8, 4) is 0 Å². The van der Waals surface area contributed by atoms with Gasteiger partial charge < -0.3 is 19.8 Å². The van der Waals surface area contributed by atoms with E-state index in [0.29, 0.717) is 5.92 Å². The lowest BCUT2D eigenvalue weighted by Gasteiger charge is -2.35. The molecule has 0 amide bonds. The van der Waals surface area contributed by atoms with Crippen LogP contribution in [0.3, 0.4) is 0 Å². The summed E-state index contributed by atoms with van der Waals surface area (Å²) in [6.45, 7) is 6.22. The zero-order valence-electron chi connectivity index (χ0n) is 11.3. The standard InChI is InChI=1S/C13H25NO4/c1-3-12(18-13(17)10(2)16)11-4-6-14(7-5-11)8-9-15/h10-12,15-16H,3-9H2,1-2H3. The minimum absolute atomic E-state index is 0.0941. The molecule has 1 rings (SSSR count). The molecule has 1 fully saturated rings. The molecule has 1 heterocycles. The van der Waals surface area contributed by atoms with Crippen molar-refractivity contribution in [1.29, 1.82) is 0 Å². The van der Waals surface area contributed by atoms with Crippen LogP contribution >= 0.6 is 0 Å². The highest BCUT2D eigenvalue weighted by molar-refractivity contribution is 5.74. The molecule has 0 aromatic heterocycles. The maximum atomic E-state index is 11.4. The van der Waals surface area contributed by atoms with Crippen molar-refractivity contribution < 1.29 is 19.7 Å². The summed E-state index contributed by atoms with van der Waals surface area (Å²) in [5.74, 6) is -0.160. The minimum Gasteiger partial charge on any atom is -0.460 e. The van der Waals surface area contributed by atoms with Gasteiger partial charge in [0.05, 0.1) is 6.61 Å². The number of aliphatic hydroxyl groups excluding tert-OH is 2. The van der Waals surface area contributed by atoms with Crippen molar-refractivity contribution in [3.63, 3.8) is 0 Å². The topological polar surface area (TPSA) is 70.0 Å². The molecule has 1 saturated heterocycles. The molecule has 5 nitrogen and oxygen atoms in total. The summed E-state index contributed by atoms with van der Waals surface area (Å²) in [6, 6.07) is 0. The fourth-order valence-electron chi connectivity index (χ4n) is 2.45. The maximum absolute atomic E-state index is 11.4. The molecule has 2 unspecified atom stereocenters. The number of hydrogen-bond acceptors (Lipinski definition) is 5. The molecule has 106 valence electrons. The van der Waals surface area contributed by atoms with Gasteiger partial charge in [0.25, 0.3) is 0 Å². The average molecular weight is 259 g/mol. The Labute approximate surface area is 109 Å². The second kappa shape index (κ2) is 7.71. The van der Waals surface area contributed by atoms with Crippen LogP contribution in [0.25, 0.3) is 0 Å². The van der Waals surface area contributed by atoms with Crippen LogP contribution in [0.2, 0.25) is 0 Å². The number of β-amino-alcohol motifs (C(OH)–C–C–N with tert-alkyl or cyclic N) is 1. The number of ether oxygens (including phenoxy) is 1. The van der Waals surface area contributed by atoms with Gasteiger partial charge in [-0.3, -0.25) is 0 Å². The van der Waals surface area contributed by atoms with E-state index in [0.717, 1.165) is 38.9 Å². The Morgan fingerprint density at radius 3 is 2.50 bits per heavy atom. The van der Waals surface area contributed by atoms with E-state index in [-0.39, 0.29) is 12.7 Å². The lowest BCUT2D eigenvalue weighted by molar-refractivity contribution is -0.162. The Bertz CT molecular complexity index is 249. The van der Waals surface area contributed by atoms with Crippen molar-refractivity contribution in [2.45, 2.75) is 45.3 Å². The molecule has 2 atom stereocenters. The summed E-state index contributed by atoms with van der Waals surface area (Å²) in [5.41, 5.74) is 0. The number of carbonyl (C=O) groups is 1. The first-order valence-corrected chi connectivity index (χ1v) is 6.80. The van der Waals surface area contributed by atoms with Gasteiger partial charge in [0.1, 0.15) is 12.2 Å². The first-order chi connectivity index (χ1) is 8.58. The van der Waals surface area contributed by atoms with Crippen LogP contribution in [-0.2, 0) is 9.53 Å². The number of aliphatic hydroxyl groups is 2. The Morgan fingerprint density at radius 1 is 1.44 bits per heavy atom. The van der Waals surface area contributed by atoms with Crippen LogP contribution in [0, 0.1) is 5.92 Å². The van der Waals surface area contributed by atoms with Gasteiger partial charge in [-0.2, -0.15) is 0 Å². The van der Waals surface area contributed by atoms with E-state index in [1.54, 1.807) is 0 Å². The van der Waals surface area contributed by atoms with Gasteiger partial charge in [-0.15, -0.1) is 0 Å². The second-order valence-electron chi connectivity index (χ2n) is 4.96. The minimum atomic E-state index is -1.05. The second-order valence-corrected chi connectivity index (χ2v) is 4.96. The van der Waals surface area contributed by atoms with Gasteiger partial charge in [-0.25, -0.2) is 4.79 Å². The number of rotatable bonds is 6. The number of nitrogens with zero attached hydrogens (tertiary/aromatic N) is 1. The third-order valence-corrected chi connectivity index (χ3v) is 3.59. The molecule has 0 aromatic carbocycles. The molecule has 5 heteroatoms. The van der Waals surface area contributed by atoms with Crippen LogP contribution in [0.15, 0.2) is 0 Å². The first kappa shape index (κ1) is 15.4. The van der Waals surface area contributed by atoms with Crippen molar-refractivity contribution in [1.82, 2.24) is 4.90 Å². The van der Waals surface area contributed by atoms with E-state index >= 15 is 0 Å². The Hall–Kier alpha value is -0.650. The number of likely N-dealkylation sites (tertiary alicyclic amines) is 1. The highest BCUT2D eigenvalue weighted by Crippen LogP contribution is 2.24. The molecule has 0 aliphatic carbocycles. The van der Waals surface area contributed by atoms with Crippen molar-refractivity contribution in [3.05, 3.63) is 0 Å². The van der Waals surface area contributed by atoms with E-state index in [1.165, 1.54) is 6.92 Å². The molecule has 1 aliphatic heterocycles. The fraction of sp³-hybridized carbons (Fsp3) is 0.923. The summed E-state index contributed by atoms with van der Waals surface area (Å²) in [4.78, 5) is 13.6. The Balaban J connectivity index is 2.40. The molecular formula is C13H25NO4. The first-order valence-electron chi connectivity index (χ1n) is 6.80. The molecule has 18 heavy (non-hydrogen) atoms. The summed E-state index contributed by atoms with van der Waals surface area (Å²) < 4.78 is 5.34. The van der Waals surface area contributed by atoms with Crippen LogP contribution in [0.5, 0.6) is 0 Å². The van der Waals surface area contributed by atoms with Gasteiger partial charge in [0, 0.05) is 6.54 Å². The summed E-state index contributed by atoms with van der Waals surface area (Å²) in [6.07, 6.45) is 1.59. The quantitative estimate of drug-likeness (QED) is 0.675. The predicted molar refractivity (Wildman–Crippen MR) is 68.1 cm³/mol. The van der Waals surface area contributed by atoms with Crippen molar-refractivity contribution in [2.24, 2.45) is 5.92 Å². The highest BCUT2D eigenvalue weighted by Gasteiger charge is 2.28. The van der Waals surface area contributed by atoms with Gasteiger partial charge in [0.15, 0.2) is 0 Å². The Morgan fingerprint density at radius 2 is 2.06 bits per heavy atom.